The van der Waals surface area contributed by atoms with E-state index in [9.17, 15) is 4.79 Å². The molecule has 0 aromatic heterocycles. The Morgan fingerprint density at radius 2 is 1.30 bits per heavy atom. The molecule has 3 nitrogen and oxygen atoms in total. The highest BCUT2D eigenvalue weighted by Crippen LogP contribution is 2.31. The van der Waals surface area contributed by atoms with E-state index in [1.54, 1.807) is 0 Å². The molecule has 2 aliphatic rings. The lowest BCUT2D eigenvalue weighted by Gasteiger charge is -2.28. The number of amides is 1. The number of carbonyl (C=O) groups excluding carboxylic acids is 1. The molecule has 0 spiro atoms. The van der Waals surface area contributed by atoms with Crippen molar-refractivity contribution >= 4 is 5.91 Å². The Morgan fingerprint density at radius 3 is 1.97 bits per heavy atom. The molecule has 0 saturated heterocycles. The average molecular weight is 406 g/mol. The summed E-state index contributed by atoms with van der Waals surface area (Å²) in [6.07, 6.45) is 15.0. The Morgan fingerprint density at radius 1 is 0.733 bits per heavy atom. The first-order valence-corrected chi connectivity index (χ1v) is 12.1. The fourth-order valence-corrected chi connectivity index (χ4v) is 5.20. The third kappa shape index (κ3) is 5.31. The summed E-state index contributed by atoms with van der Waals surface area (Å²) in [6, 6.07) is 19.3. The van der Waals surface area contributed by atoms with Gasteiger partial charge in [-0.3, -0.25) is 9.69 Å². The summed E-state index contributed by atoms with van der Waals surface area (Å²) in [5.74, 6) is 0.184. The highest BCUT2D eigenvalue weighted by molar-refractivity contribution is 5.98. The van der Waals surface area contributed by atoms with Gasteiger partial charge < -0.3 is 5.32 Å². The molecule has 0 radical (unpaired) electrons. The molecule has 1 heterocycles. The van der Waals surface area contributed by atoms with E-state index in [2.05, 4.69) is 46.6 Å². The molecule has 160 valence electrons. The van der Waals surface area contributed by atoms with Gasteiger partial charge in [-0.15, -0.1) is 0 Å². The van der Waals surface area contributed by atoms with E-state index in [0.29, 0.717) is 12.6 Å². The summed E-state index contributed by atoms with van der Waals surface area (Å²) in [6.45, 7) is 0.683. The molecule has 2 N–H and O–H groups in total. The van der Waals surface area contributed by atoms with E-state index < -0.39 is 0 Å². The topological polar surface area (TPSA) is 36.9 Å². The van der Waals surface area contributed by atoms with Crippen LogP contribution in [0.4, 0.5) is 0 Å². The van der Waals surface area contributed by atoms with Crippen LogP contribution >= 0.6 is 0 Å². The summed E-state index contributed by atoms with van der Waals surface area (Å²) >= 11 is 0. The number of hydrogen-bond acceptors (Lipinski definition) is 1. The minimum atomic E-state index is 0.104. The molecule has 1 fully saturated rings. The molecule has 1 atom stereocenters. The first-order chi connectivity index (χ1) is 14.8. The van der Waals surface area contributed by atoms with Crippen LogP contribution in [0.3, 0.4) is 0 Å². The summed E-state index contributed by atoms with van der Waals surface area (Å²) in [5, 5.41) is 2.53. The molecular weight excluding hydrogens is 368 g/mol. The van der Waals surface area contributed by atoms with Crippen molar-refractivity contribution in [2.24, 2.45) is 0 Å². The van der Waals surface area contributed by atoms with Gasteiger partial charge in [0.2, 0.25) is 0 Å². The molecule has 0 bridgehead atoms. The van der Waals surface area contributed by atoms with Gasteiger partial charge in [-0.2, -0.15) is 0 Å². The van der Waals surface area contributed by atoms with Crippen LogP contribution in [-0.4, -0.2) is 16.8 Å². The predicted octanol–water partition coefficient (Wildman–Crippen LogP) is 5.58. The highest BCUT2D eigenvalue weighted by atomic mass is 16.2. The number of nitrogens with two attached hydrogens (primary N) is 1. The van der Waals surface area contributed by atoms with Crippen LogP contribution in [0.2, 0.25) is 0 Å². The fourth-order valence-electron chi connectivity index (χ4n) is 5.20. The van der Waals surface area contributed by atoms with Gasteiger partial charge in [0.1, 0.15) is 0 Å². The second-order valence-electron chi connectivity index (χ2n) is 9.16. The van der Waals surface area contributed by atoms with Crippen molar-refractivity contribution in [3.05, 3.63) is 71.3 Å². The van der Waals surface area contributed by atoms with E-state index in [4.69, 9.17) is 0 Å². The maximum absolute atomic E-state index is 13.3. The van der Waals surface area contributed by atoms with Gasteiger partial charge in [0.15, 0.2) is 6.17 Å². The molecule has 1 amide bonds. The van der Waals surface area contributed by atoms with Crippen molar-refractivity contribution in [3.63, 3.8) is 0 Å². The SMILES string of the molecule is O=C1c2ccccc2[C@@H]([NH2+]C2CCCCCCCCCCC2)N1Cc1ccccc1. The third-order valence-corrected chi connectivity index (χ3v) is 6.91. The fraction of sp³-hybridized carbons (Fsp3) is 0.519. The molecule has 1 aliphatic carbocycles. The van der Waals surface area contributed by atoms with Gasteiger partial charge >= 0.3 is 0 Å². The number of fused-ring (bicyclic) bond motifs is 1. The Balaban J connectivity index is 1.51. The zero-order chi connectivity index (χ0) is 20.6. The minimum absolute atomic E-state index is 0.104. The maximum Gasteiger partial charge on any atom is 0.259 e. The van der Waals surface area contributed by atoms with E-state index in [-0.39, 0.29) is 12.1 Å². The van der Waals surface area contributed by atoms with Crippen LogP contribution in [0.1, 0.15) is 98.3 Å². The Kier molecular flexibility index (Phi) is 7.58. The van der Waals surface area contributed by atoms with Crippen LogP contribution in [0.15, 0.2) is 54.6 Å². The van der Waals surface area contributed by atoms with Crippen molar-refractivity contribution in [2.75, 3.05) is 0 Å². The van der Waals surface area contributed by atoms with Gasteiger partial charge in [-0.25, -0.2) is 0 Å². The third-order valence-electron chi connectivity index (χ3n) is 6.91. The Labute approximate surface area is 181 Å². The van der Waals surface area contributed by atoms with Crippen molar-refractivity contribution in [1.29, 1.82) is 0 Å². The van der Waals surface area contributed by atoms with Gasteiger partial charge in [0.25, 0.3) is 5.91 Å². The summed E-state index contributed by atoms with van der Waals surface area (Å²) < 4.78 is 0. The van der Waals surface area contributed by atoms with E-state index in [1.807, 2.05) is 18.2 Å². The zero-order valence-electron chi connectivity index (χ0n) is 18.3. The van der Waals surface area contributed by atoms with Crippen LogP contribution in [-0.2, 0) is 6.54 Å². The van der Waals surface area contributed by atoms with Crippen molar-refractivity contribution < 1.29 is 10.1 Å². The van der Waals surface area contributed by atoms with Gasteiger partial charge in [-0.1, -0.05) is 93.5 Å². The number of carbonyl (C=O) groups is 1. The maximum atomic E-state index is 13.3. The van der Waals surface area contributed by atoms with Gasteiger partial charge in [-0.05, 0) is 37.3 Å². The van der Waals surface area contributed by atoms with E-state index in [0.717, 1.165) is 5.56 Å². The van der Waals surface area contributed by atoms with Gasteiger partial charge in [0.05, 0.1) is 18.2 Å². The second-order valence-corrected chi connectivity index (χ2v) is 9.16. The molecule has 3 heteroatoms. The summed E-state index contributed by atoms with van der Waals surface area (Å²) in [7, 11) is 0. The van der Waals surface area contributed by atoms with Crippen molar-refractivity contribution in [2.45, 2.75) is 89.4 Å². The van der Waals surface area contributed by atoms with Crippen LogP contribution in [0.25, 0.3) is 0 Å². The molecule has 1 saturated carbocycles. The number of rotatable bonds is 4. The molecule has 2 aromatic carbocycles. The van der Waals surface area contributed by atoms with Crippen LogP contribution in [0, 0.1) is 0 Å². The van der Waals surface area contributed by atoms with Crippen molar-refractivity contribution in [1.82, 2.24) is 4.90 Å². The summed E-state index contributed by atoms with van der Waals surface area (Å²) in [5.41, 5.74) is 3.29. The lowest BCUT2D eigenvalue weighted by Crippen LogP contribution is -2.92. The van der Waals surface area contributed by atoms with Crippen LogP contribution in [0.5, 0.6) is 0 Å². The first kappa shape index (κ1) is 21.1. The lowest BCUT2D eigenvalue weighted by molar-refractivity contribution is -0.744. The number of quaternary nitrogens is 1. The largest absolute Gasteiger partial charge is 0.320 e. The molecule has 4 rings (SSSR count). The Bertz CT molecular complexity index is 792. The monoisotopic (exact) mass is 405 g/mol. The van der Waals surface area contributed by atoms with E-state index in [1.165, 1.54) is 81.8 Å². The first-order valence-electron chi connectivity index (χ1n) is 12.1. The lowest BCUT2D eigenvalue weighted by atomic mass is 9.97. The predicted molar refractivity (Wildman–Crippen MR) is 122 cm³/mol. The molecular formula is C27H37N2O+. The number of benzene rings is 2. The van der Waals surface area contributed by atoms with Crippen molar-refractivity contribution in [3.8, 4) is 0 Å². The summed E-state index contributed by atoms with van der Waals surface area (Å²) in [4.78, 5) is 15.4. The van der Waals surface area contributed by atoms with E-state index >= 15 is 0 Å². The van der Waals surface area contributed by atoms with Gasteiger partial charge in [0, 0.05) is 5.56 Å². The number of nitrogens with zero attached hydrogens (tertiary/aromatic N) is 1. The minimum Gasteiger partial charge on any atom is -0.320 e. The quantitative estimate of drug-likeness (QED) is 0.708. The molecule has 1 aliphatic heterocycles. The average Bonchev–Trinajstić information content (AvgIpc) is 3.02. The molecule has 2 aromatic rings. The normalized spacial score (nSPS) is 21.7. The zero-order valence-corrected chi connectivity index (χ0v) is 18.3. The highest BCUT2D eigenvalue weighted by Gasteiger charge is 2.40. The van der Waals surface area contributed by atoms with Crippen LogP contribution < -0.4 is 5.32 Å². The second kappa shape index (κ2) is 10.8. The standard InChI is InChI=1S/C27H36N2O/c30-27-25-20-14-13-19-24(25)26(29(27)21-22-15-9-8-10-16-22)28-23-17-11-6-4-2-1-3-5-7-12-18-23/h8-10,13-16,19-20,23,26,28H,1-7,11-12,17-18,21H2/p+1/t26-/m0/s1. The Hall–Kier alpha value is -2.13. The number of hydrogen-bond donors (Lipinski definition) is 1. The molecule has 0 unspecified atom stereocenters. The smallest absolute Gasteiger partial charge is 0.259 e. The molecule has 30 heavy (non-hydrogen) atoms.